The van der Waals surface area contributed by atoms with E-state index in [1.165, 1.54) is 0 Å². The zero-order valence-electron chi connectivity index (χ0n) is 13.2. The number of nitrogens with zero attached hydrogens (tertiary/aromatic N) is 1. The van der Waals surface area contributed by atoms with Gasteiger partial charge in [0.15, 0.2) is 0 Å². The summed E-state index contributed by atoms with van der Waals surface area (Å²) in [7, 11) is 1.64. The molecule has 0 bridgehead atoms. The van der Waals surface area contributed by atoms with Gasteiger partial charge in [-0.25, -0.2) is 4.79 Å². The number of nitrogens with one attached hydrogen (secondary N) is 2. The van der Waals surface area contributed by atoms with Gasteiger partial charge in [-0.1, -0.05) is 6.07 Å². The van der Waals surface area contributed by atoms with Crippen molar-refractivity contribution in [1.29, 1.82) is 0 Å². The highest BCUT2D eigenvalue weighted by Crippen LogP contribution is 2.24. The van der Waals surface area contributed by atoms with E-state index < -0.39 is 5.97 Å². The molecule has 1 saturated heterocycles. The lowest BCUT2D eigenvalue weighted by atomic mass is 10.0. The first kappa shape index (κ1) is 16.9. The number of methoxy groups -OCH3 is 1. The Balaban J connectivity index is 1.85. The van der Waals surface area contributed by atoms with E-state index in [2.05, 4.69) is 15.5 Å². The van der Waals surface area contributed by atoms with Crippen LogP contribution in [-0.4, -0.2) is 49.9 Å². The number of hydrogen-bond acceptors (Lipinski definition) is 4. The molecule has 1 aromatic carbocycles. The van der Waals surface area contributed by atoms with Crippen LogP contribution in [0.4, 0.5) is 10.5 Å². The number of hydrogen-bond donors (Lipinski definition) is 3. The highest BCUT2D eigenvalue weighted by molar-refractivity contribution is 5.75. The molecule has 126 valence electrons. The minimum absolute atomic E-state index is 0.0415. The summed E-state index contributed by atoms with van der Waals surface area (Å²) in [6, 6.07) is 7.58. The average molecular weight is 321 g/mol. The zero-order valence-corrected chi connectivity index (χ0v) is 13.2. The fourth-order valence-corrected chi connectivity index (χ4v) is 2.66. The van der Waals surface area contributed by atoms with Crippen molar-refractivity contribution >= 4 is 17.7 Å². The third kappa shape index (κ3) is 5.36. The maximum Gasteiger partial charge on any atom is 0.315 e. The summed E-state index contributed by atoms with van der Waals surface area (Å²) in [5.74, 6) is -0.115. The number of carboxylic acid groups (broad SMARTS) is 1. The van der Waals surface area contributed by atoms with Gasteiger partial charge in [0.2, 0.25) is 0 Å². The molecule has 1 aliphatic heterocycles. The van der Waals surface area contributed by atoms with Crippen molar-refractivity contribution in [2.75, 3.05) is 31.6 Å². The molecule has 0 saturated carbocycles. The van der Waals surface area contributed by atoms with Crippen LogP contribution in [0.15, 0.2) is 24.3 Å². The van der Waals surface area contributed by atoms with Crippen LogP contribution in [0.1, 0.15) is 19.3 Å². The molecule has 1 heterocycles. The van der Waals surface area contributed by atoms with Gasteiger partial charge in [0, 0.05) is 37.4 Å². The molecule has 0 radical (unpaired) electrons. The molecule has 23 heavy (non-hydrogen) atoms. The summed E-state index contributed by atoms with van der Waals surface area (Å²) in [6.07, 6.45) is 1.82. The van der Waals surface area contributed by atoms with Crippen molar-refractivity contribution in [3.63, 3.8) is 0 Å². The Bertz CT molecular complexity index is 550. The molecular formula is C16H23N3O4. The van der Waals surface area contributed by atoms with Gasteiger partial charge in [-0.3, -0.25) is 4.79 Å². The van der Waals surface area contributed by atoms with Gasteiger partial charge in [0.1, 0.15) is 5.75 Å². The largest absolute Gasteiger partial charge is 0.497 e. The molecule has 1 fully saturated rings. The fraction of sp³-hybridized carbons (Fsp3) is 0.500. The number of carbonyl (C=O) groups excluding carboxylic acids is 1. The summed E-state index contributed by atoms with van der Waals surface area (Å²) < 4.78 is 5.25. The Hall–Kier alpha value is -2.44. The maximum absolute atomic E-state index is 11.8. The smallest absolute Gasteiger partial charge is 0.315 e. The van der Waals surface area contributed by atoms with E-state index in [1.807, 2.05) is 24.3 Å². The number of anilines is 1. The summed E-state index contributed by atoms with van der Waals surface area (Å²) in [6.45, 7) is 1.79. The zero-order chi connectivity index (χ0) is 16.7. The number of piperidine rings is 1. The summed E-state index contributed by atoms with van der Waals surface area (Å²) in [4.78, 5) is 24.4. The first-order valence-electron chi connectivity index (χ1n) is 7.73. The van der Waals surface area contributed by atoms with Crippen molar-refractivity contribution in [3.05, 3.63) is 24.3 Å². The predicted octanol–water partition coefficient (Wildman–Crippen LogP) is 1.44. The molecule has 1 atom stereocenters. The number of carboxylic acids is 1. The van der Waals surface area contributed by atoms with Gasteiger partial charge in [-0.15, -0.1) is 0 Å². The van der Waals surface area contributed by atoms with Crippen LogP contribution in [0.3, 0.4) is 0 Å². The average Bonchev–Trinajstić information content (AvgIpc) is 2.55. The van der Waals surface area contributed by atoms with Crippen LogP contribution in [-0.2, 0) is 4.79 Å². The van der Waals surface area contributed by atoms with E-state index in [1.54, 1.807) is 7.11 Å². The molecule has 2 rings (SSSR count). The quantitative estimate of drug-likeness (QED) is 0.737. The molecule has 1 unspecified atom stereocenters. The highest BCUT2D eigenvalue weighted by Gasteiger charge is 2.21. The second-order valence-corrected chi connectivity index (χ2v) is 5.53. The predicted molar refractivity (Wildman–Crippen MR) is 87.0 cm³/mol. The first-order valence-corrected chi connectivity index (χ1v) is 7.73. The molecule has 7 heteroatoms. The van der Waals surface area contributed by atoms with Crippen LogP contribution >= 0.6 is 0 Å². The minimum atomic E-state index is -0.924. The van der Waals surface area contributed by atoms with E-state index in [0.29, 0.717) is 0 Å². The van der Waals surface area contributed by atoms with E-state index in [0.717, 1.165) is 37.4 Å². The number of urea groups is 1. The lowest BCUT2D eigenvalue weighted by Crippen LogP contribution is -2.50. The van der Waals surface area contributed by atoms with Gasteiger partial charge in [0.05, 0.1) is 13.5 Å². The van der Waals surface area contributed by atoms with Crippen molar-refractivity contribution in [3.8, 4) is 5.75 Å². The fourth-order valence-electron chi connectivity index (χ4n) is 2.66. The number of amides is 2. The van der Waals surface area contributed by atoms with Crippen LogP contribution in [0.5, 0.6) is 5.75 Å². The van der Waals surface area contributed by atoms with Crippen molar-refractivity contribution < 1.29 is 19.4 Å². The standard InChI is InChI=1S/C16H23N3O4/c1-23-14-6-2-5-13(10-14)19-9-3-4-12(11-19)18-16(22)17-8-7-15(20)21/h2,5-6,10,12H,3-4,7-9,11H2,1H3,(H,20,21)(H2,17,18,22). The molecule has 3 N–H and O–H groups in total. The summed E-state index contributed by atoms with van der Waals surface area (Å²) >= 11 is 0. The Morgan fingerprint density at radius 2 is 2.26 bits per heavy atom. The van der Waals surface area contributed by atoms with Crippen LogP contribution in [0.25, 0.3) is 0 Å². The molecule has 1 aliphatic rings. The van der Waals surface area contributed by atoms with Crippen LogP contribution < -0.4 is 20.3 Å². The van der Waals surface area contributed by atoms with E-state index in [4.69, 9.17) is 9.84 Å². The molecule has 2 amide bonds. The van der Waals surface area contributed by atoms with Crippen molar-refractivity contribution in [2.24, 2.45) is 0 Å². The van der Waals surface area contributed by atoms with Gasteiger partial charge in [-0.05, 0) is 25.0 Å². The van der Waals surface area contributed by atoms with Crippen LogP contribution in [0, 0.1) is 0 Å². The second kappa shape index (κ2) is 8.26. The molecule has 7 nitrogen and oxygen atoms in total. The lowest BCUT2D eigenvalue weighted by molar-refractivity contribution is -0.136. The monoisotopic (exact) mass is 321 g/mol. The molecular weight excluding hydrogens is 298 g/mol. The Kier molecular flexibility index (Phi) is 6.08. The van der Waals surface area contributed by atoms with E-state index in [-0.39, 0.29) is 25.0 Å². The van der Waals surface area contributed by atoms with Gasteiger partial charge < -0.3 is 25.4 Å². The molecule has 0 aromatic heterocycles. The normalized spacial score (nSPS) is 17.4. The minimum Gasteiger partial charge on any atom is -0.497 e. The van der Waals surface area contributed by atoms with E-state index >= 15 is 0 Å². The number of ether oxygens (including phenoxy) is 1. The highest BCUT2D eigenvalue weighted by atomic mass is 16.5. The lowest BCUT2D eigenvalue weighted by Gasteiger charge is -2.34. The number of carbonyl (C=O) groups is 2. The van der Waals surface area contributed by atoms with Crippen molar-refractivity contribution in [2.45, 2.75) is 25.3 Å². The maximum atomic E-state index is 11.8. The number of rotatable bonds is 6. The van der Waals surface area contributed by atoms with Gasteiger partial charge >= 0.3 is 12.0 Å². The summed E-state index contributed by atoms with van der Waals surface area (Å²) in [5, 5.41) is 14.0. The van der Waals surface area contributed by atoms with Crippen molar-refractivity contribution in [1.82, 2.24) is 10.6 Å². The second-order valence-electron chi connectivity index (χ2n) is 5.53. The Morgan fingerprint density at radius 3 is 3.00 bits per heavy atom. The van der Waals surface area contributed by atoms with Gasteiger partial charge in [0.25, 0.3) is 0 Å². The number of benzene rings is 1. The van der Waals surface area contributed by atoms with E-state index in [9.17, 15) is 9.59 Å². The van der Waals surface area contributed by atoms with Gasteiger partial charge in [-0.2, -0.15) is 0 Å². The first-order chi connectivity index (χ1) is 11.1. The molecule has 0 spiro atoms. The van der Waals surface area contributed by atoms with Crippen LogP contribution in [0.2, 0.25) is 0 Å². The third-order valence-corrected chi connectivity index (χ3v) is 3.80. The number of aliphatic carboxylic acids is 1. The SMILES string of the molecule is COc1cccc(N2CCCC(NC(=O)NCCC(=O)O)C2)c1. The summed E-state index contributed by atoms with van der Waals surface area (Å²) in [5.41, 5.74) is 1.07. The molecule has 1 aromatic rings. The Labute approximate surface area is 135 Å². The topological polar surface area (TPSA) is 90.9 Å². The Morgan fingerprint density at radius 1 is 1.43 bits per heavy atom. The third-order valence-electron chi connectivity index (χ3n) is 3.80. The molecule has 0 aliphatic carbocycles.